The number of aliphatic carboxylic acids is 1. The predicted molar refractivity (Wildman–Crippen MR) is 88.8 cm³/mol. The number of hydrogen-bond donors (Lipinski definition) is 1. The zero-order valence-corrected chi connectivity index (χ0v) is 12.6. The molecule has 3 aromatic rings. The standard InChI is InChI=1S/C19H13FN2O2/c20-14-7-5-13(6-8-14)12-22-17-4-2-1-3-15(17)16(18(22)11-21)9-10-19(23)24/h1-10H,12H2,(H,23,24). The Hall–Kier alpha value is -3.39. The van der Waals surface area contributed by atoms with Crippen LogP contribution in [-0.2, 0) is 11.3 Å². The van der Waals surface area contributed by atoms with Gasteiger partial charge in [0.25, 0.3) is 0 Å². The second-order valence-corrected chi connectivity index (χ2v) is 5.28. The van der Waals surface area contributed by atoms with Gasteiger partial charge in [-0.3, -0.25) is 0 Å². The second kappa shape index (κ2) is 6.39. The van der Waals surface area contributed by atoms with Crippen LogP contribution in [0.15, 0.2) is 54.6 Å². The van der Waals surface area contributed by atoms with Crippen molar-refractivity contribution in [2.45, 2.75) is 6.54 Å². The highest BCUT2D eigenvalue weighted by Crippen LogP contribution is 2.28. The van der Waals surface area contributed by atoms with Crippen molar-refractivity contribution in [2.24, 2.45) is 0 Å². The van der Waals surface area contributed by atoms with E-state index in [-0.39, 0.29) is 5.82 Å². The summed E-state index contributed by atoms with van der Waals surface area (Å²) in [6.45, 7) is 0.393. The maximum atomic E-state index is 13.1. The third-order valence-electron chi connectivity index (χ3n) is 3.76. The van der Waals surface area contributed by atoms with E-state index >= 15 is 0 Å². The summed E-state index contributed by atoms with van der Waals surface area (Å²) in [6, 6.07) is 15.6. The second-order valence-electron chi connectivity index (χ2n) is 5.28. The lowest BCUT2D eigenvalue weighted by Crippen LogP contribution is -2.02. The number of aromatic nitrogens is 1. The van der Waals surface area contributed by atoms with E-state index < -0.39 is 5.97 Å². The SMILES string of the molecule is N#Cc1c(C=CC(=O)O)c2ccccc2n1Cc1ccc(F)cc1. The molecule has 3 rings (SSSR count). The molecule has 4 nitrogen and oxygen atoms in total. The molecule has 118 valence electrons. The van der Waals surface area contributed by atoms with Crippen molar-refractivity contribution >= 4 is 22.9 Å². The Bertz CT molecular complexity index is 979. The van der Waals surface area contributed by atoms with Crippen molar-refractivity contribution in [2.75, 3.05) is 0 Å². The summed E-state index contributed by atoms with van der Waals surface area (Å²) >= 11 is 0. The third kappa shape index (κ3) is 2.90. The minimum atomic E-state index is -1.07. The summed E-state index contributed by atoms with van der Waals surface area (Å²) in [5.74, 6) is -1.39. The van der Waals surface area contributed by atoms with Gasteiger partial charge in [-0.2, -0.15) is 5.26 Å². The molecule has 1 N–H and O–H groups in total. The molecule has 0 atom stereocenters. The lowest BCUT2D eigenvalue weighted by molar-refractivity contribution is -0.131. The van der Waals surface area contributed by atoms with Crippen LogP contribution in [0.3, 0.4) is 0 Å². The first-order valence-corrected chi connectivity index (χ1v) is 7.27. The van der Waals surface area contributed by atoms with Gasteiger partial charge in [0, 0.05) is 29.1 Å². The van der Waals surface area contributed by atoms with Gasteiger partial charge < -0.3 is 9.67 Å². The number of carboxylic acids is 1. The van der Waals surface area contributed by atoms with Gasteiger partial charge in [-0.15, -0.1) is 0 Å². The summed E-state index contributed by atoms with van der Waals surface area (Å²) in [7, 11) is 0. The Morgan fingerprint density at radius 1 is 1.21 bits per heavy atom. The van der Waals surface area contributed by atoms with Crippen molar-refractivity contribution in [3.8, 4) is 6.07 Å². The molecule has 0 saturated heterocycles. The summed E-state index contributed by atoms with van der Waals surface area (Å²) in [6.07, 6.45) is 2.45. The third-order valence-corrected chi connectivity index (χ3v) is 3.76. The molecule has 0 aliphatic carbocycles. The van der Waals surface area contributed by atoms with E-state index in [0.717, 1.165) is 22.5 Å². The van der Waals surface area contributed by atoms with E-state index in [1.807, 2.05) is 28.8 Å². The van der Waals surface area contributed by atoms with Crippen LogP contribution in [0, 0.1) is 17.1 Å². The van der Waals surface area contributed by atoms with Crippen molar-refractivity contribution in [3.63, 3.8) is 0 Å². The van der Waals surface area contributed by atoms with E-state index in [0.29, 0.717) is 17.8 Å². The van der Waals surface area contributed by atoms with Gasteiger partial charge in [-0.25, -0.2) is 9.18 Å². The molecule has 0 aliphatic rings. The molecule has 0 amide bonds. The van der Waals surface area contributed by atoms with E-state index in [4.69, 9.17) is 5.11 Å². The highest BCUT2D eigenvalue weighted by molar-refractivity contribution is 5.96. The maximum absolute atomic E-state index is 13.1. The van der Waals surface area contributed by atoms with Gasteiger partial charge in [-0.05, 0) is 29.8 Å². The van der Waals surface area contributed by atoms with Crippen LogP contribution in [-0.4, -0.2) is 15.6 Å². The molecule has 1 aromatic heterocycles. The highest BCUT2D eigenvalue weighted by Gasteiger charge is 2.15. The molecule has 24 heavy (non-hydrogen) atoms. The lowest BCUT2D eigenvalue weighted by Gasteiger charge is -2.07. The Balaban J connectivity index is 2.18. The minimum absolute atomic E-state index is 0.318. The fourth-order valence-corrected chi connectivity index (χ4v) is 2.71. The molecule has 5 heteroatoms. The van der Waals surface area contributed by atoms with Crippen LogP contribution >= 0.6 is 0 Å². The molecule has 0 saturated carbocycles. The highest BCUT2D eigenvalue weighted by atomic mass is 19.1. The Morgan fingerprint density at radius 3 is 2.58 bits per heavy atom. The summed E-state index contributed by atoms with van der Waals surface area (Å²) in [5.41, 5.74) is 2.61. The summed E-state index contributed by atoms with van der Waals surface area (Å²) in [4.78, 5) is 10.8. The largest absolute Gasteiger partial charge is 0.478 e. The van der Waals surface area contributed by atoms with Crippen LogP contribution in [0.25, 0.3) is 17.0 Å². The van der Waals surface area contributed by atoms with Crippen LogP contribution in [0.4, 0.5) is 4.39 Å². The van der Waals surface area contributed by atoms with Crippen LogP contribution in [0.2, 0.25) is 0 Å². The number of fused-ring (bicyclic) bond motifs is 1. The zero-order chi connectivity index (χ0) is 17.1. The summed E-state index contributed by atoms with van der Waals surface area (Å²) < 4.78 is 14.9. The molecule has 0 fully saturated rings. The molecule has 0 unspecified atom stereocenters. The van der Waals surface area contributed by atoms with Crippen molar-refractivity contribution in [1.29, 1.82) is 5.26 Å². The monoisotopic (exact) mass is 320 g/mol. The van der Waals surface area contributed by atoms with Crippen molar-refractivity contribution < 1.29 is 14.3 Å². The topological polar surface area (TPSA) is 66.0 Å². The van der Waals surface area contributed by atoms with Gasteiger partial charge >= 0.3 is 5.97 Å². The smallest absolute Gasteiger partial charge is 0.328 e. The number of carbonyl (C=O) groups is 1. The maximum Gasteiger partial charge on any atom is 0.328 e. The fourth-order valence-electron chi connectivity index (χ4n) is 2.71. The molecule has 0 aliphatic heterocycles. The number of hydrogen-bond acceptors (Lipinski definition) is 2. The number of rotatable bonds is 4. The van der Waals surface area contributed by atoms with Gasteiger partial charge in [0.1, 0.15) is 17.6 Å². The molecule has 2 aromatic carbocycles. The lowest BCUT2D eigenvalue weighted by atomic mass is 10.1. The molecule has 1 heterocycles. The summed E-state index contributed by atoms with van der Waals surface area (Å²) in [5, 5.41) is 19.2. The van der Waals surface area contributed by atoms with E-state index in [1.165, 1.54) is 18.2 Å². The van der Waals surface area contributed by atoms with Gasteiger partial charge in [-0.1, -0.05) is 30.3 Å². The normalized spacial score (nSPS) is 11.0. The quantitative estimate of drug-likeness (QED) is 0.744. The van der Waals surface area contributed by atoms with Crippen LogP contribution < -0.4 is 0 Å². The van der Waals surface area contributed by atoms with Crippen LogP contribution in [0.5, 0.6) is 0 Å². The van der Waals surface area contributed by atoms with Gasteiger partial charge in [0.2, 0.25) is 0 Å². The number of benzene rings is 2. The zero-order valence-electron chi connectivity index (χ0n) is 12.6. The van der Waals surface area contributed by atoms with Gasteiger partial charge in [0.15, 0.2) is 0 Å². The number of carboxylic acid groups (broad SMARTS) is 1. The Labute approximate surface area is 137 Å². The number of nitriles is 1. The van der Waals surface area contributed by atoms with Crippen molar-refractivity contribution in [3.05, 3.63) is 77.2 Å². The van der Waals surface area contributed by atoms with E-state index in [9.17, 15) is 14.4 Å². The first-order valence-electron chi connectivity index (χ1n) is 7.27. The predicted octanol–water partition coefficient (Wildman–Crippen LogP) is 3.80. The number of para-hydroxylation sites is 1. The van der Waals surface area contributed by atoms with Crippen LogP contribution in [0.1, 0.15) is 16.8 Å². The molecular formula is C19H13FN2O2. The average Bonchev–Trinajstić information content (AvgIpc) is 2.88. The Kier molecular flexibility index (Phi) is 4.13. The number of nitrogens with zero attached hydrogens (tertiary/aromatic N) is 2. The van der Waals surface area contributed by atoms with Gasteiger partial charge in [0.05, 0.1) is 0 Å². The molecule has 0 bridgehead atoms. The minimum Gasteiger partial charge on any atom is -0.478 e. The Morgan fingerprint density at radius 2 is 1.92 bits per heavy atom. The first kappa shape index (κ1) is 15.5. The fraction of sp³-hybridized carbons (Fsp3) is 0.0526. The van der Waals surface area contributed by atoms with E-state index in [2.05, 4.69) is 6.07 Å². The van der Waals surface area contributed by atoms with E-state index in [1.54, 1.807) is 12.1 Å². The first-order chi connectivity index (χ1) is 11.6. The van der Waals surface area contributed by atoms with Crippen molar-refractivity contribution in [1.82, 2.24) is 4.57 Å². The molecule has 0 radical (unpaired) electrons. The average molecular weight is 320 g/mol. The molecule has 0 spiro atoms. The molecular weight excluding hydrogens is 307 g/mol. The number of halogens is 1.